The molecule has 0 unspecified atom stereocenters. The van der Waals surface area contributed by atoms with E-state index in [0.29, 0.717) is 34.3 Å². The number of benzene rings is 2. The van der Waals surface area contributed by atoms with Crippen LogP contribution in [0.25, 0.3) is 0 Å². The molecule has 0 amide bonds. The van der Waals surface area contributed by atoms with Gasteiger partial charge >= 0.3 is 0 Å². The highest BCUT2D eigenvalue weighted by Crippen LogP contribution is 2.27. The van der Waals surface area contributed by atoms with E-state index >= 15 is 0 Å². The van der Waals surface area contributed by atoms with Gasteiger partial charge in [0.25, 0.3) is 0 Å². The van der Waals surface area contributed by atoms with E-state index in [1.165, 1.54) is 6.07 Å². The molecule has 0 heterocycles. The van der Waals surface area contributed by atoms with Gasteiger partial charge in [-0.05, 0) is 36.8 Å². The summed E-state index contributed by atoms with van der Waals surface area (Å²) >= 11 is 12.2. The van der Waals surface area contributed by atoms with Crippen molar-refractivity contribution in [1.29, 1.82) is 0 Å². The predicted molar refractivity (Wildman–Crippen MR) is 85.5 cm³/mol. The number of hydrogen-bond donors (Lipinski definition) is 1. The van der Waals surface area contributed by atoms with Crippen LogP contribution in [-0.4, -0.2) is 11.7 Å². The van der Waals surface area contributed by atoms with Crippen molar-refractivity contribution in [2.45, 2.75) is 20.1 Å². The third-order valence-electron chi connectivity index (χ3n) is 3.36. The van der Waals surface area contributed by atoms with Crippen LogP contribution in [0.2, 0.25) is 10.0 Å². The fraction of sp³-hybridized carbons (Fsp3) is 0.250. The number of nitrogens with zero attached hydrogens (tertiary/aromatic N) is 1. The third-order valence-corrected chi connectivity index (χ3v) is 4.07. The number of hydrogen-bond acceptors (Lipinski definition) is 2. The maximum absolute atomic E-state index is 13.9. The Labute approximate surface area is 133 Å². The number of halogens is 3. The normalized spacial score (nSPS) is 10.7. The van der Waals surface area contributed by atoms with Crippen LogP contribution in [0.1, 0.15) is 18.1 Å². The summed E-state index contributed by atoms with van der Waals surface area (Å²) in [4.78, 5) is 1.97. The van der Waals surface area contributed by atoms with E-state index in [1.807, 2.05) is 17.9 Å². The van der Waals surface area contributed by atoms with E-state index in [1.54, 1.807) is 24.3 Å². The van der Waals surface area contributed by atoms with Gasteiger partial charge in [-0.3, -0.25) is 0 Å². The molecular formula is C16H16Cl2FNO. The van der Waals surface area contributed by atoms with Crippen LogP contribution in [-0.2, 0) is 13.2 Å². The van der Waals surface area contributed by atoms with Crippen molar-refractivity contribution in [3.8, 4) is 0 Å². The van der Waals surface area contributed by atoms with Crippen LogP contribution in [0.3, 0.4) is 0 Å². The second kappa shape index (κ2) is 7.12. The first-order chi connectivity index (χ1) is 10.1. The second-order valence-electron chi connectivity index (χ2n) is 4.65. The summed E-state index contributed by atoms with van der Waals surface area (Å²) in [7, 11) is 0. The first-order valence-corrected chi connectivity index (χ1v) is 7.39. The van der Waals surface area contributed by atoms with Crippen LogP contribution < -0.4 is 4.90 Å². The van der Waals surface area contributed by atoms with E-state index in [2.05, 4.69) is 0 Å². The number of aliphatic hydroxyl groups excluding tert-OH is 1. The van der Waals surface area contributed by atoms with E-state index < -0.39 is 0 Å². The van der Waals surface area contributed by atoms with Gasteiger partial charge in [-0.15, -0.1) is 0 Å². The van der Waals surface area contributed by atoms with Crippen LogP contribution in [0.4, 0.5) is 10.1 Å². The summed E-state index contributed by atoms with van der Waals surface area (Å²) < 4.78 is 13.9. The molecule has 2 nitrogen and oxygen atoms in total. The SMILES string of the molecule is CCN(Cc1c(F)cccc1Cl)c1ccc(CO)c(Cl)c1. The van der Waals surface area contributed by atoms with Gasteiger partial charge in [0.2, 0.25) is 0 Å². The fourth-order valence-electron chi connectivity index (χ4n) is 2.12. The van der Waals surface area contributed by atoms with Crippen molar-refractivity contribution in [3.63, 3.8) is 0 Å². The largest absolute Gasteiger partial charge is 0.392 e. The minimum Gasteiger partial charge on any atom is -0.392 e. The van der Waals surface area contributed by atoms with Crippen molar-refractivity contribution in [3.05, 3.63) is 63.4 Å². The molecule has 21 heavy (non-hydrogen) atoms. The van der Waals surface area contributed by atoms with Gasteiger partial charge in [0.05, 0.1) is 6.61 Å². The Bertz CT molecular complexity index is 613. The van der Waals surface area contributed by atoms with Crippen molar-refractivity contribution < 1.29 is 9.50 Å². The zero-order valence-electron chi connectivity index (χ0n) is 11.6. The van der Waals surface area contributed by atoms with Crippen molar-refractivity contribution >= 4 is 28.9 Å². The first kappa shape index (κ1) is 16.1. The summed E-state index contributed by atoms with van der Waals surface area (Å²) in [5, 5.41) is 10.1. The van der Waals surface area contributed by atoms with Gasteiger partial charge in [0.15, 0.2) is 0 Å². The van der Waals surface area contributed by atoms with Gasteiger partial charge in [0.1, 0.15) is 5.82 Å². The number of anilines is 1. The Morgan fingerprint density at radius 2 is 1.90 bits per heavy atom. The predicted octanol–water partition coefficient (Wildman–Crippen LogP) is 4.65. The lowest BCUT2D eigenvalue weighted by Crippen LogP contribution is -2.23. The molecule has 0 aliphatic heterocycles. The molecule has 0 aliphatic rings. The highest BCUT2D eigenvalue weighted by Gasteiger charge is 2.13. The van der Waals surface area contributed by atoms with Gasteiger partial charge in [-0.25, -0.2) is 4.39 Å². The molecule has 0 bridgehead atoms. The zero-order valence-corrected chi connectivity index (χ0v) is 13.1. The lowest BCUT2D eigenvalue weighted by molar-refractivity contribution is 0.282. The molecule has 1 N–H and O–H groups in total. The van der Waals surface area contributed by atoms with Crippen molar-refractivity contribution in [1.82, 2.24) is 0 Å². The molecule has 0 spiro atoms. The van der Waals surface area contributed by atoms with Crippen LogP contribution in [0.15, 0.2) is 36.4 Å². The van der Waals surface area contributed by atoms with Gasteiger partial charge in [-0.1, -0.05) is 35.3 Å². The molecule has 112 valence electrons. The standard InChI is InChI=1S/C16H16Cl2FNO/c1-2-20(9-13-14(17)4-3-5-16(13)19)12-7-6-11(10-21)15(18)8-12/h3-8,21H,2,9-10H2,1H3. The van der Waals surface area contributed by atoms with Crippen LogP contribution >= 0.6 is 23.2 Å². The average Bonchev–Trinajstić information content (AvgIpc) is 2.47. The molecule has 0 radical (unpaired) electrons. The Morgan fingerprint density at radius 1 is 1.14 bits per heavy atom. The monoisotopic (exact) mass is 327 g/mol. The summed E-state index contributed by atoms with van der Waals surface area (Å²) in [6.07, 6.45) is 0. The molecule has 2 rings (SSSR count). The molecule has 0 fully saturated rings. The third kappa shape index (κ3) is 3.67. The van der Waals surface area contributed by atoms with Crippen molar-refractivity contribution in [2.75, 3.05) is 11.4 Å². The molecule has 5 heteroatoms. The lowest BCUT2D eigenvalue weighted by atomic mass is 10.1. The summed E-state index contributed by atoms with van der Waals surface area (Å²) in [5.41, 5.74) is 1.99. The molecule has 2 aromatic rings. The Balaban J connectivity index is 2.30. The molecule has 2 aromatic carbocycles. The van der Waals surface area contributed by atoms with Gasteiger partial charge in [0, 0.05) is 34.4 Å². The number of rotatable bonds is 5. The van der Waals surface area contributed by atoms with E-state index in [-0.39, 0.29) is 12.4 Å². The molecule has 0 saturated heterocycles. The highest BCUT2D eigenvalue weighted by atomic mass is 35.5. The van der Waals surface area contributed by atoms with Gasteiger partial charge in [-0.2, -0.15) is 0 Å². The minimum atomic E-state index is -0.320. The van der Waals surface area contributed by atoms with Gasteiger partial charge < -0.3 is 10.0 Å². The summed E-state index contributed by atoms with van der Waals surface area (Å²) in [6, 6.07) is 10.1. The smallest absolute Gasteiger partial charge is 0.129 e. The minimum absolute atomic E-state index is 0.107. The summed E-state index contributed by atoms with van der Waals surface area (Å²) in [6.45, 7) is 2.91. The molecule has 0 aromatic heterocycles. The molecule has 0 saturated carbocycles. The Hall–Kier alpha value is -1.29. The van der Waals surface area contributed by atoms with E-state index in [0.717, 1.165) is 5.69 Å². The first-order valence-electron chi connectivity index (χ1n) is 6.64. The van der Waals surface area contributed by atoms with E-state index in [9.17, 15) is 4.39 Å². The molecule has 0 atom stereocenters. The van der Waals surface area contributed by atoms with Crippen LogP contribution in [0.5, 0.6) is 0 Å². The quantitative estimate of drug-likeness (QED) is 0.863. The van der Waals surface area contributed by atoms with Crippen molar-refractivity contribution in [2.24, 2.45) is 0 Å². The average molecular weight is 328 g/mol. The zero-order chi connectivity index (χ0) is 15.4. The molecule has 0 aliphatic carbocycles. The van der Waals surface area contributed by atoms with Crippen LogP contribution in [0, 0.1) is 5.82 Å². The molecular weight excluding hydrogens is 312 g/mol. The second-order valence-corrected chi connectivity index (χ2v) is 5.46. The Kier molecular flexibility index (Phi) is 5.45. The fourth-order valence-corrected chi connectivity index (χ4v) is 2.58. The van der Waals surface area contributed by atoms with E-state index in [4.69, 9.17) is 28.3 Å². The highest BCUT2D eigenvalue weighted by molar-refractivity contribution is 6.31. The topological polar surface area (TPSA) is 23.5 Å². The number of aliphatic hydroxyl groups is 1. The Morgan fingerprint density at radius 3 is 2.48 bits per heavy atom. The maximum Gasteiger partial charge on any atom is 0.129 e. The summed E-state index contributed by atoms with van der Waals surface area (Å²) in [5.74, 6) is -0.320. The lowest BCUT2D eigenvalue weighted by Gasteiger charge is -2.24. The maximum atomic E-state index is 13.9.